The van der Waals surface area contributed by atoms with Crippen molar-refractivity contribution in [1.82, 2.24) is 5.32 Å². The van der Waals surface area contributed by atoms with Crippen molar-refractivity contribution in [1.29, 1.82) is 0 Å². The fraction of sp³-hybridized carbons (Fsp3) is 0.308. The van der Waals surface area contributed by atoms with Gasteiger partial charge >= 0.3 is 5.97 Å². The maximum Gasteiger partial charge on any atom is 0.353 e. The van der Waals surface area contributed by atoms with Crippen LogP contribution in [0.15, 0.2) is 23.4 Å². The van der Waals surface area contributed by atoms with Crippen LogP contribution in [0.5, 0.6) is 5.75 Å². The Labute approximate surface area is 125 Å². The highest BCUT2D eigenvalue weighted by Gasteiger charge is 2.31. The monoisotopic (exact) mass is 312 g/mol. The van der Waals surface area contributed by atoms with Gasteiger partial charge in [0.25, 0.3) is 5.91 Å². The van der Waals surface area contributed by atoms with Gasteiger partial charge in [-0.25, -0.2) is 4.79 Å². The van der Waals surface area contributed by atoms with E-state index in [2.05, 4.69) is 10.5 Å². The van der Waals surface area contributed by atoms with Crippen molar-refractivity contribution in [3.8, 4) is 5.75 Å². The van der Waals surface area contributed by atoms with Crippen LogP contribution in [0.1, 0.15) is 12.0 Å². The van der Waals surface area contributed by atoms with Crippen LogP contribution in [0.25, 0.3) is 0 Å². The van der Waals surface area contributed by atoms with E-state index in [1.165, 1.54) is 7.11 Å². The Bertz CT molecular complexity index is 602. The Balaban J connectivity index is 1.96. The van der Waals surface area contributed by atoms with Crippen molar-refractivity contribution in [3.63, 3.8) is 0 Å². The summed E-state index contributed by atoms with van der Waals surface area (Å²) in [4.78, 5) is 27.4. The lowest BCUT2D eigenvalue weighted by molar-refractivity contribution is -0.131. The zero-order chi connectivity index (χ0) is 15.4. The number of aliphatic carboxylic acids is 1. The topological polar surface area (TPSA) is 97.2 Å². The van der Waals surface area contributed by atoms with E-state index in [1.807, 2.05) is 0 Å². The van der Waals surface area contributed by atoms with Gasteiger partial charge in [0.1, 0.15) is 5.75 Å². The van der Waals surface area contributed by atoms with Gasteiger partial charge in [0.15, 0.2) is 5.71 Å². The number of carbonyl (C=O) groups is 2. The second-order valence-corrected chi connectivity index (χ2v) is 4.69. The number of rotatable bonds is 5. The van der Waals surface area contributed by atoms with E-state index in [4.69, 9.17) is 26.3 Å². The zero-order valence-electron chi connectivity index (χ0n) is 11.1. The van der Waals surface area contributed by atoms with Gasteiger partial charge < -0.3 is 20.0 Å². The summed E-state index contributed by atoms with van der Waals surface area (Å²) in [5.74, 6) is -1.10. The van der Waals surface area contributed by atoms with Gasteiger partial charge in [-0.2, -0.15) is 0 Å². The number of ether oxygens (including phenoxy) is 1. The highest BCUT2D eigenvalue weighted by Crippen LogP contribution is 2.26. The Morgan fingerprint density at radius 3 is 2.95 bits per heavy atom. The number of oxime groups is 1. The standard InChI is InChI=1S/C13H13ClN2O5/c1-20-10-4-2-3-8(14)7(10)6-15-12(17)11-5-9(13(18)19)16-21-11/h2-4,11H,5-6H2,1H3,(H,15,17)(H,18,19). The van der Waals surface area contributed by atoms with E-state index in [0.717, 1.165) is 0 Å². The summed E-state index contributed by atoms with van der Waals surface area (Å²) in [6.45, 7) is 0.143. The third-order valence-electron chi connectivity index (χ3n) is 2.94. The molecule has 21 heavy (non-hydrogen) atoms. The normalized spacial score (nSPS) is 16.9. The Kier molecular flexibility index (Phi) is 4.64. The Morgan fingerprint density at radius 2 is 2.33 bits per heavy atom. The van der Waals surface area contributed by atoms with Crippen LogP contribution in [0, 0.1) is 0 Å². The minimum Gasteiger partial charge on any atom is -0.496 e. The van der Waals surface area contributed by atoms with E-state index >= 15 is 0 Å². The van der Waals surface area contributed by atoms with E-state index in [-0.39, 0.29) is 18.7 Å². The number of nitrogens with one attached hydrogen (secondary N) is 1. The molecule has 1 aliphatic rings. The molecule has 0 bridgehead atoms. The summed E-state index contributed by atoms with van der Waals surface area (Å²) >= 11 is 6.05. The molecule has 1 heterocycles. The number of carboxylic acids is 1. The van der Waals surface area contributed by atoms with Crippen LogP contribution in [-0.4, -0.2) is 35.9 Å². The zero-order valence-corrected chi connectivity index (χ0v) is 11.9. The lowest BCUT2D eigenvalue weighted by Crippen LogP contribution is -2.35. The van der Waals surface area contributed by atoms with Crippen LogP contribution in [0.3, 0.4) is 0 Å². The van der Waals surface area contributed by atoms with E-state index in [1.54, 1.807) is 18.2 Å². The van der Waals surface area contributed by atoms with E-state index in [0.29, 0.717) is 16.3 Å². The number of hydrogen-bond acceptors (Lipinski definition) is 5. The van der Waals surface area contributed by atoms with Gasteiger partial charge in [-0.3, -0.25) is 4.79 Å². The molecule has 7 nitrogen and oxygen atoms in total. The third-order valence-corrected chi connectivity index (χ3v) is 3.30. The number of benzene rings is 1. The van der Waals surface area contributed by atoms with Gasteiger partial charge in [-0.05, 0) is 12.1 Å². The number of methoxy groups -OCH3 is 1. The summed E-state index contributed by atoms with van der Waals surface area (Å²) < 4.78 is 5.17. The molecule has 0 radical (unpaired) electrons. The molecule has 0 saturated carbocycles. The highest BCUT2D eigenvalue weighted by atomic mass is 35.5. The largest absolute Gasteiger partial charge is 0.496 e. The first kappa shape index (κ1) is 15.1. The van der Waals surface area contributed by atoms with Crippen LogP contribution in [-0.2, 0) is 21.0 Å². The van der Waals surface area contributed by atoms with Crippen molar-refractivity contribution in [3.05, 3.63) is 28.8 Å². The maximum atomic E-state index is 11.9. The second-order valence-electron chi connectivity index (χ2n) is 4.28. The van der Waals surface area contributed by atoms with Gasteiger partial charge in [0.2, 0.25) is 6.10 Å². The number of hydrogen-bond donors (Lipinski definition) is 2. The first-order valence-electron chi connectivity index (χ1n) is 6.08. The van der Waals surface area contributed by atoms with E-state index in [9.17, 15) is 9.59 Å². The molecule has 2 N–H and O–H groups in total. The molecule has 2 rings (SSSR count). The molecule has 1 atom stereocenters. The number of nitrogens with zero attached hydrogens (tertiary/aromatic N) is 1. The van der Waals surface area contributed by atoms with Gasteiger partial charge in [-0.15, -0.1) is 0 Å². The molecule has 0 spiro atoms. The molecule has 1 unspecified atom stereocenters. The molecule has 0 saturated heterocycles. The van der Waals surface area contributed by atoms with Crippen LogP contribution < -0.4 is 10.1 Å². The second kappa shape index (κ2) is 6.45. The summed E-state index contributed by atoms with van der Waals surface area (Å²) in [6.07, 6.45) is -1.01. The van der Waals surface area contributed by atoms with Gasteiger partial charge in [-0.1, -0.05) is 22.8 Å². The predicted octanol–water partition coefficient (Wildman–Crippen LogP) is 1.19. The van der Waals surface area contributed by atoms with Crippen molar-refractivity contribution >= 4 is 29.2 Å². The highest BCUT2D eigenvalue weighted by molar-refractivity contribution is 6.36. The SMILES string of the molecule is COc1cccc(Cl)c1CNC(=O)C1CC(C(=O)O)=NO1. The Morgan fingerprint density at radius 1 is 1.57 bits per heavy atom. The first-order chi connectivity index (χ1) is 10.0. The van der Waals surface area contributed by atoms with Crippen molar-refractivity contribution < 1.29 is 24.3 Å². The molecule has 1 aliphatic heterocycles. The molecular formula is C13H13ClN2O5. The van der Waals surface area contributed by atoms with E-state index < -0.39 is 18.0 Å². The fourth-order valence-corrected chi connectivity index (χ4v) is 2.07. The minimum absolute atomic E-state index is 0.0686. The maximum absolute atomic E-state index is 11.9. The lowest BCUT2D eigenvalue weighted by Gasteiger charge is -2.13. The van der Waals surface area contributed by atoms with Crippen LogP contribution in [0.2, 0.25) is 5.02 Å². The fourth-order valence-electron chi connectivity index (χ4n) is 1.84. The summed E-state index contributed by atoms with van der Waals surface area (Å²) in [7, 11) is 1.50. The first-order valence-corrected chi connectivity index (χ1v) is 6.45. The molecule has 8 heteroatoms. The number of carbonyl (C=O) groups excluding carboxylic acids is 1. The summed E-state index contributed by atoms with van der Waals surface area (Å²) in [5, 5.41) is 15.2. The number of amides is 1. The summed E-state index contributed by atoms with van der Waals surface area (Å²) in [5.41, 5.74) is 0.456. The molecule has 0 aliphatic carbocycles. The predicted molar refractivity (Wildman–Crippen MR) is 74.4 cm³/mol. The van der Waals surface area contributed by atoms with Crippen LogP contribution in [0.4, 0.5) is 0 Å². The van der Waals surface area contributed by atoms with Crippen molar-refractivity contribution in [2.45, 2.75) is 19.1 Å². The van der Waals surface area contributed by atoms with Gasteiger partial charge in [0.05, 0.1) is 7.11 Å². The Hall–Kier alpha value is -2.28. The molecule has 112 valence electrons. The molecular weight excluding hydrogens is 300 g/mol. The van der Waals surface area contributed by atoms with Crippen LogP contribution >= 0.6 is 11.6 Å². The average molecular weight is 313 g/mol. The molecule has 1 aromatic carbocycles. The lowest BCUT2D eigenvalue weighted by atomic mass is 10.1. The van der Waals surface area contributed by atoms with Crippen molar-refractivity contribution in [2.24, 2.45) is 5.16 Å². The third kappa shape index (κ3) is 3.43. The average Bonchev–Trinajstić information content (AvgIpc) is 2.95. The number of carboxylic acid groups (broad SMARTS) is 1. The number of halogens is 1. The molecule has 1 amide bonds. The van der Waals surface area contributed by atoms with Gasteiger partial charge in [0, 0.05) is 23.6 Å². The molecule has 0 aromatic heterocycles. The molecule has 1 aromatic rings. The minimum atomic E-state index is -1.20. The quantitative estimate of drug-likeness (QED) is 0.851. The molecule has 0 fully saturated rings. The smallest absolute Gasteiger partial charge is 0.353 e. The summed E-state index contributed by atoms with van der Waals surface area (Å²) in [6, 6.07) is 5.15. The van der Waals surface area contributed by atoms with Crippen molar-refractivity contribution in [2.75, 3.05) is 7.11 Å².